The molecule has 3 rings (SSSR count). The van der Waals surface area contributed by atoms with Crippen LogP contribution in [0.25, 0.3) is 11.4 Å². The van der Waals surface area contributed by atoms with E-state index in [1.165, 1.54) is 0 Å². The molecule has 7 heteroatoms. The molecular formula is C14H18ClN3O3. The molecule has 1 atom stereocenters. The van der Waals surface area contributed by atoms with Gasteiger partial charge in [-0.05, 0) is 37.6 Å². The smallest absolute Gasteiger partial charge is 0.244 e. The fourth-order valence-electron chi connectivity index (χ4n) is 2.36. The second-order valence-corrected chi connectivity index (χ2v) is 4.67. The van der Waals surface area contributed by atoms with Crippen LogP contribution < -0.4 is 14.8 Å². The van der Waals surface area contributed by atoms with E-state index in [1.807, 2.05) is 18.2 Å². The number of halogens is 1. The molecule has 0 amide bonds. The van der Waals surface area contributed by atoms with Gasteiger partial charge < -0.3 is 19.3 Å². The molecule has 1 aliphatic rings. The summed E-state index contributed by atoms with van der Waals surface area (Å²) in [6.07, 6.45) is 2.17. The SMILES string of the molecule is COc1ccc(-c2noc(C3CCCN3)n2)cc1OC.Cl. The van der Waals surface area contributed by atoms with E-state index in [0.29, 0.717) is 23.2 Å². The summed E-state index contributed by atoms with van der Waals surface area (Å²) in [5, 5.41) is 7.38. The van der Waals surface area contributed by atoms with Gasteiger partial charge in [0.15, 0.2) is 11.5 Å². The molecule has 1 saturated heterocycles. The van der Waals surface area contributed by atoms with Gasteiger partial charge in [0.1, 0.15) is 0 Å². The second-order valence-electron chi connectivity index (χ2n) is 4.67. The summed E-state index contributed by atoms with van der Waals surface area (Å²) < 4.78 is 15.8. The molecule has 0 spiro atoms. The predicted molar refractivity (Wildman–Crippen MR) is 80.1 cm³/mol. The molecule has 1 aromatic carbocycles. The fraction of sp³-hybridized carbons (Fsp3) is 0.429. The van der Waals surface area contributed by atoms with E-state index in [1.54, 1.807) is 14.2 Å². The highest BCUT2D eigenvalue weighted by atomic mass is 35.5. The van der Waals surface area contributed by atoms with Gasteiger partial charge in [0, 0.05) is 5.56 Å². The monoisotopic (exact) mass is 311 g/mol. The third kappa shape index (κ3) is 3.11. The van der Waals surface area contributed by atoms with Crippen LogP contribution in [0.3, 0.4) is 0 Å². The normalized spacial score (nSPS) is 17.3. The first-order chi connectivity index (χ1) is 9.81. The van der Waals surface area contributed by atoms with Crippen LogP contribution in [0.5, 0.6) is 11.5 Å². The van der Waals surface area contributed by atoms with Crippen LogP contribution in [-0.4, -0.2) is 30.9 Å². The molecule has 0 bridgehead atoms. The van der Waals surface area contributed by atoms with Gasteiger partial charge in [-0.3, -0.25) is 0 Å². The molecule has 1 aromatic heterocycles. The zero-order chi connectivity index (χ0) is 13.9. The lowest BCUT2D eigenvalue weighted by Crippen LogP contribution is -2.12. The van der Waals surface area contributed by atoms with Crippen molar-refractivity contribution in [2.75, 3.05) is 20.8 Å². The Labute approximate surface area is 129 Å². The summed E-state index contributed by atoms with van der Waals surface area (Å²) in [6.45, 7) is 0.999. The van der Waals surface area contributed by atoms with Gasteiger partial charge >= 0.3 is 0 Å². The van der Waals surface area contributed by atoms with Crippen molar-refractivity contribution in [3.8, 4) is 22.9 Å². The number of nitrogens with one attached hydrogen (secondary N) is 1. The first-order valence-corrected chi connectivity index (χ1v) is 6.61. The zero-order valence-corrected chi connectivity index (χ0v) is 12.8. The summed E-state index contributed by atoms with van der Waals surface area (Å²) in [6, 6.07) is 5.74. The Morgan fingerprint density at radius 2 is 2.05 bits per heavy atom. The summed E-state index contributed by atoms with van der Waals surface area (Å²) in [4.78, 5) is 4.46. The molecule has 1 N–H and O–H groups in total. The summed E-state index contributed by atoms with van der Waals surface area (Å²) in [5.74, 6) is 2.54. The van der Waals surface area contributed by atoms with Crippen LogP contribution in [0.2, 0.25) is 0 Å². The molecule has 0 radical (unpaired) electrons. The number of rotatable bonds is 4. The molecule has 1 unspecified atom stereocenters. The molecule has 21 heavy (non-hydrogen) atoms. The lowest BCUT2D eigenvalue weighted by atomic mass is 10.2. The lowest BCUT2D eigenvalue weighted by Gasteiger charge is -2.07. The number of hydrogen-bond acceptors (Lipinski definition) is 6. The molecule has 6 nitrogen and oxygen atoms in total. The first-order valence-electron chi connectivity index (χ1n) is 6.61. The van der Waals surface area contributed by atoms with Crippen LogP contribution in [0.15, 0.2) is 22.7 Å². The molecule has 1 fully saturated rings. The molecule has 114 valence electrons. The summed E-state index contributed by atoms with van der Waals surface area (Å²) in [5.41, 5.74) is 0.843. The van der Waals surface area contributed by atoms with Gasteiger partial charge in [0.05, 0.1) is 20.3 Å². The van der Waals surface area contributed by atoms with Crippen LogP contribution in [0.1, 0.15) is 24.8 Å². The predicted octanol–water partition coefficient (Wildman–Crippen LogP) is 2.60. The highest BCUT2D eigenvalue weighted by molar-refractivity contribution is 5.85. The third-order valence-corrected chi connectivity index (χ3v) is 3.44. The molecule has 2 heterocycles. The van der Waals surface area contributed by atoms with Crippen LogP contribution in [0, 0.1) is 0 Å². The molecule has 1 aliphatic heterocycles. The first kappa shape index (κ1) is 15.6. The maximum Gasteiger partial charge on any atom is 0.244 e. The van der Waals surface area contributed by atoms with Crippen molar-refractivity contribution < 1.29 is 14.0 Å². The average molecular weight is 312 g/mol. The van der Waals surface area contributed by atoms with E-state index in [4.69, 9.17) is 14.0 Å². The number of methoxy groups -OCH3 is 2. The Kier molecular flexibility index (Phi) is 5.03. The number of aromatic nitrogens is 2. The maximum absolute atomic E-state index is 5.34. The average Bonchev–Trinajstić information content (AvgIpc) is 3.16. The van der Waals surface area contributed by atoms with Gasteiger partial charge in [-0.1, -0.05) is 5.16 Å². The Morgan fingerprint density at radius 3 is 2.71 bits per heavy atom. The Hall–Kier alpha value is -1.79. The van der Waals surface area contributed by atoms with E-state index in [9.17, 15) is 0 Å². The van der Waals surface area contributed by atoms with E-state index in [-0.39, 0.29) is 18.4 Å². The summed E-state index contributed by atoms with van der Waals surface area (Å²) in [7, 11) is 3.21. The van der Waals surface area contributed by atoms with Crippen molar-refractivity contribution in [1.82, 2.24) is 15.5 Å². The standard InChI is InChI=1S/C14H17N3O3.ClH/c1-18-11-6-5-9(8-12(11)19-2)13-16-14(20-17-13)10-4-3-7-15-10;/h5-6,8,10,15H,3-4,7H2,1-2H3;1H. The van der Waals surface area contributed by atoms with Crippen molar-refractivity contribution >= 4 is 12.4 Å². The van der Waals surface area contributed by atoms with E-state index < -0.39 is 0 Å². The zero-order valence-electron chi connectivity index (χ0n) is 12.0. The number of hydrogen-bond donors (Lipinski definition) is 1. The van der Waals surface area contributed by atoms with Crippen LogP contribution >= 0.6 is 12.4 Å². The van der Waals surface area contributed by atoms with Gasteiger partial charge in [0.2, 0.25) is 11.7 Å². The Balaban J connectivity index is 0.00000161. The van der Waals surface area contributed by atoms with Gasteiger partial charge in [-0.2, -0.15) is 4.98 Å². The van der Waals surface area contributed by atoms with Crippen molar-refractivity contribution in [2.24, 2.45) is 0 Å². The molecule has 0 saturated carbocycles. The van der Waals surface area contributed by atoms with Crippen LogP contribution in [0.4, 0.5) is 0 Å². The highest BCUT2D eigenvalue weighted by Crippen LogP contribution is 2.32. The molecule has 0 aliphatic carbocycles. The molecule has 2 aromatic rings. The van der Waals surface area contributed by atoms with Gasteiger partial charge in [-0.25, -0.2) is 0 Å². The van der Waals surface area contributed by atoms with Crippen molar-refractivity contribution in [1.29, 1.82) is 0 Å². The van der Waals surface area contributed by atoms with E-state index in [0.717, 1.165) is 24.9 Å². The number of ether oxygens (including phenoxy) is 2. The largest absolute Gasteiger partial charge is 0.493 e. The minimum Gasteiger partial charge on any atom is -0.493 e. The Bertz CT molecular complexity index is 597. The van der Waals surface area contributed by atoms with Crippen LogP contribution in [-0.2, 0) is 0 Å². The fourth-order valence-corrected chi connectivity index (χ4v) is 2.36. The molecular weight excluding hydrogens is 294 g/mol. The summed E-state index contributed by atoms with van der Waals surface area (Å²) >= 11 is 0. The van der Waals surface area contributed by atoms with Gasteiger partial charge in [-0.15, -0.1) is 12.4 Å². The van der Waals surface area contributed by atoms with Crippen molar-refractivity contribution in [3.63, 3.8) is 0 Å². The topological polar surface area (TPSA) is 69.4 Å². The third-order valence-electron chi connectivity index (χ3n) is 3.44. The number of nitrogens with zero attached hydrogens (tertiary/aromatic N) is 2. The van der Waals surface area contributed by atoms with E-state index >= 15 is 0 Å². The number of benzene rings is 1. The van der Waals surface area contributed by atoms with Crippen molar-refractivity contribution in [2.45, 2.75) is 18.9 Å². The van der Waals surface area contributed by atoms with Gasteiger partial charge in [0.25, 0.3) is 0 Å². The maximum atomic E-state index is 5.34. The van der Waals surface area contributed by atoms with E-state index in [2.05, 4.69) is 15.5 Å². The minimum absolute atomic E-state index is 0. The Morgan fingerprint density at radius 1 is 1.24 bits per heavy atom. The quantitative estimate of drug-likeness (QED) is 0.936. The van der Waals surface area contributed by atoms with Crippen molar-refractivity contribution in [3.05, 3.63) is 24.1 Å². The second kappa shape index (κ2) is 6.78. The lowest BCUT2D eigenvalue weighted by molar-refractivity contribution is 0.344. The highest BCUT2D eigenvalue weighted by Gasteiger charge is 2.22. The minimum atomic E-state index is 0.